The van der Waals surface area contributed by atoms with Gasteiger partial charge in [-0.2, -0.15) is 0 Å². The van der Waals surface area contributed by atoms with Crippen molar-refractivity contribution in [2.75, 3.05) is 0 Å². The summed E-state index contributed by atoms with van der Waals surface area (Å²) in [6.45, 7) is 7.65. The van der Waals surface area contributed by atoms with Crippen molar-refractivity contribution in [3.63, 3.8) is 0 Å². The van der Waals surface area contributed by atoms with Gasteiger partial charge in [0.1, 0.15) is 4.90 Å². The predicted molar refractivity (Wildman–Crippen MR) is 71.1 cm³/mol. The average molecular weight is 272 g/mol. The number of aryl methyl sites for hydroxylation is 1. The maximum Gasteiger partial charge on any atom is 0.270 e. The molecule has 0 saturated carbocycles. The van der Waals surface area contributed by atoms with Gasteiger partial charge in [0.2, 0.25) is 10.0 Å². The Hall–Kier alpha value is -1.14. The second kappa shape index (κ2) is 5.24. The molecule has 6 heteroatoms. The highest BCUT2D eigenvalue weighted by Crippen LogP contribution is 2.08. The Balaban J connectivity index is 3.26. The molecule has 0 radical (unpaired) electrons. The summed E-state index contributed by atoms with van der Waals surface area (Å²) in [5.74, 6) is 0. The molecular formula is C12H20N2O3S. The van der Waals surface area contributed by atoms with Crippen LogP contribution >= 0.6 is 0 Å². The van der Waals surface area contributed by atoms with E-state index in [4.69, 9.17) is 0 Å². The Morgan fingerprint density at radius 2 is 1.94 bits per heavy atom. The fourth-order valence-corrected chi connectivity index (χ4v) is 3.12. The average Bonchev–Trinajstić information content (AvgIpc) is 2.17. The number of pyridine rings is 1. The van der Waals surface area contributed by atoms with Crippen LogP contribution in [0.3, 0.4) is 0 Å². The second-order valence-electron chi connectivity index (χ2n) is 5.23. The molecule has 1 aromatic rings. The molecule has 0 aliphatic rings. The fourth-order valence-electron chi connectivity index (χ4n) is 1.59. The summed E-state index contributed by atoms with van der Waals surface area (Å²) in [5.41, 5.74) is -1.09. The Morgan fingerprint density at radius 3 is 2.44 bits per heavy atom. The van der Waals surface area contributed by atoms with Crippen molar-refractivity contribution < 1.29 is 8.42 Å². The molecule has 0 amide bonds. The Bertz CT molecular complexity index is 568. The lowest BCUT2D eigenvalue weighted by Crippen LogP contribution is -2.43. The monoisotopic (exact) mass is 272 g/mol. The van der Waals surface area contributed by atoms with Gasteiger partial charge in [0.15, 0.2) is 0 Å². The molecule has 1 heterocycles. The summed E-state index contributed by atoms with van der Waals surface area (Å²) in [6, 6.07) is 2.91. The van der Waals surface area contributed by atoms with E-state index in [1.165, 1.54) is 10.6 Å². The summed E-state index contributed by atoms with van der Waals surface area (Å²) < 4.78 is 28.1. The van der Waals surface area contributed by atoms with Crippen molar-refractivity contribution in [1.29, 1.82) is 0 Å². The van der Waals surface area contributed by atoms with Crippen LogP contribution in [0.2, 0.25) is 0 Å². The zero-order chi connectivity index (χ0) is 14.0. The van der Waals surface area contributed by atoms with Crippen LogP contribution in [0.25, 0.3) is 0 Å². The molecule has 5 nitrogen and oxygen atoms in total. The van der Waals surface area contributed by atoms with E-state index in [1.54, 1.807) is 33.0 Å². The van der Waals surface area contributed by atoms with E-state index < -0.39 is 21.1 Å². The molecule has 0 atom stereocenters. The van der Waals surface area contributed by atoms with Crippen LogP contribution in [0.5, 0.6) is 0 Å². The van der Waals surface area contributed by atoms with Crippen LogP contribution in [-0.4, -0.2) is 18.5 Å². The van der Waals surface area contributed by atoms with E-state index in [0.717, 1.165) is 6.42 Å². The number of hydrogen-bond acceptors (Lipinski definition) is 3. The minimum Gasteiger partial charge on any atom is -0.314 e. The van der Waals surface area contributed by atoms with Crippen molar-refractivity contribution in [3.05, 3.63) is 28.7 Å². The van der Waals surface area contributed by atoms with Crippen molar-refractivity contribution in [2.45, 2.75) is 51.1 Å². The predicted octanol–water partition coefficient (Wildman–Crippen LogP) is 1.34. The van der Waals surface area contributed by atoms with Gasteiger partial charge in [-0.3, -0.25) is 4.79 Å². The summed E-state index contributed by atoms with van der Waals surface area (Å²) >= 11 is 0. The zero-order valence-electron chi connectivity index (χ0n) is 11.2. The molecule has 0 spiro atoms. The van der Waals surface area contributed by atoms with E-state index >= 15 is 0 Å². The normalized spacial score (nSPS) is 12.7. The first-order valence-electron chi connectivity index (χ1n) is 5.91. The third-order valence-electron chi connectivity index (χ3n) is 2.18. The maximum absolute atomic E-state index is 12.1. The third-order valence-corrected chi connectivity index (χ3v) is 3.95. The highest BCUT2D eigenvalue weighted by molar-refractivity contribution is 7.89. The highest BCUT2D eigenvalue weighted by Gasteiger charge is 2.24. The molecule has 0 unspecified atom stereocenters. The smallest absolute Gasteiger partial charge is 0.270 e. The molecule has 0 aromatic carbocycles. The van der Waals surface area contributed by atoms with E-state index in [9.17, 15) is 13.2 Å². The molecule has 0 saturated heterocycles. The van der Waals surface area contributed by atoms with Gasteiger partial charge in [-0.25, -0.2) is 13.1 Å². The number of sulfonamides is 1. The summed E-state index contributed by atoms with van der Waals surface area (Å²) in [7, 11) is -3.77. The molecule has 0 bridgehead atoms. The SMILES string of the molecule is CCCn1cccc(S(=O)(=O)NC(C)(C)C)c1=O. The summed E-state index contributed by atoms with van der Waals surface area (Å²) in [4.78, 5) is 11.8. The van der Waals surface area contributed by atoms with Crippen LogP contribution in [0.4, 0.5) is 0 Å². The van der Waals surface area contributed by atoms with Crippen LogP contribution in [-0.2, 0) is 16.6 Å². The van der Waals surface area contributed by atoms with Gasteiger partial charge >= 0.3 is 0 Å². The molecule has 0 aliphatic heterocycles. The van der Waals surface area contributed by atoms with Gasteiger partial charge in [0.05, 0.1) is 0 Å². The first-order chi connectivity index (χ1) is 8.17. The van der Waals surface area contributed by atoms with Gasteiger partial charge in [-0.05, 0) is 39.3 Å². The number of nitrogens with zero attached hydrogens (tertiary/aromatic N) is 1. The topological polar surface area (TPSA) is 68.2 Å². The van der Waals surface area contributed by atoms with Crippen molar-refractivity contribution in [2.24, 2.45) is 0 Å². The molecule has 1 N–H and O–H groups in total. The number of aromatic nitrogens is 1. The van der Waals surface area contributed by atoms with E-state index in [2.05, 4.69) is 4.72 Å². The minimum absolute atomic E-state index is 0.201. The molecule has 18 heavy (non-hydrogen) atoms. The van der Waals surface area contributed by atoms with Crippen LogP contribution in [0.1, 0.15) is 34.1 Å². The fraction of sp³-hybridized carbons (Fsp3) is 0.583. The number of rotatable bonds is 4. The van der Waals surface area contributed by atoms with Crippen LogP contribution in [0, 0.1) is 0 Å². The lowest BCUT2D eigenvalue weighted by Gasteiger charge is -2.20. The van der Waals surface area contributed by atoms with Gasteiger partial charge < -0.3 is 4.57 Å². The Labute approximate surface area is 108 Å². The molecule has 0 fully saturated rings. The Morgan fingerprint density at radius 1 is 1.33 bits per heavy atom. The molecule has 1 rings (SSSR count). The number of hydrogen-bond donors (Lipinski definition) is 1. The largest absolute Gasteiger partial charge is 0.314 e. The number of nitrogens with one attached hydrogen (secondary N) is 1. The van der Waals surface area contributed by atoms with Crippen molar-refractivity contribution in [1.82, 2.24) is 9.29 Å². The third kappa shape index (κ3) is 3.68. The van der Waals surface area contributed by atoms with Crippen molar-refractivity contribution >= 4 is 10.0 Å². The molecular weight excluding hydrogens is 252 g/mol. The van der Waals surface area contributed by atoms with E-state index in [1.807, 2.05) is 6.92 Å². The zero-order valence-corrected chi connectivity index (χ0v) is 12.0. The quantitative estimate of drug-likeness (QED) is 0.899. The van der Waals surface area contributed by atoms with E-state index in [0.29, 0.717) is 6.54 Å². The van der Waals surface area contributed by atoms with Gasteiger partial charge in [0.25, 0.3) is 5.56 Å². The van der Waals surface area contributed by atoms with E-state index in [-0.39, 0.29) is 4.90 Å². The van der Waals surface area contributed by atoms with Crippen LogP contribution in [0.15, 0.2) is 28.0 Å². The minimum atomic E-state index is -3.77. The van der Waals surface area contributed by atoms with Gasteiger partial charge in [-0.1, -0.05) is 6.92 Å². The second-order valence-corrected chi connectivity index (χ2v) is 6.88. The maximum atomic E-state index is 12.1. The van der Waals surface area contributed by atoms with Crippen molar-refractivity contribution in [3.8, 4) is 0 Å². The molecule has 1 aromatic heterocycles. The van der Waals surface area contributed by atoms with Crippen LogP contribution < -0.4 is 10.3 Å². The lowest BCUT2D eigenvalue weighted by atomic mass is 10.1. The summed E-state index contributed by atoms with van der Waals surface area (Å²) in [5, 5.41) is 0. The first-order valence-corrected chi connectivity index (χ1v) is 7.39. The highest BCUT2D eigenvalue weighted by atomic mass is 32.2. The first kappa shape index (κ1) is 14.9. The van der Waals surface area contributed by atoms with Gasteiger partial charge in [-0.15, -0.1) is 0 Å². The molecule has 102 valence electrons. The standard InChI is InChI=1S/C12H20N2O3S/c1-5-8-14-9-6-7-10(11(14)15)18(16,17)13-12(2,3)4/h6-7,9,13H,5,8H2,1-4H3. The van der Waals surface area contributed by atoms with Gasteiger partial charge in [0, 0.05) is 18.3 Å². The molecule has 0 aliphatic carbocycles. The Kier molecular flexibility index (Phi) is 4.34. The summed E-state index contributed by atoms with van der Waals surface area (Å²) in [6.07, 6.45) is 2.37. The lowest BCUT2D eigenvalue weighted by molar-refractivity contribution is 0.489.